The lowest BCUT2D eigenvalue weighted by atomic mass is 10.2. The molecule has 0 heterocycles. The molecule has 1 rings (SSSR count). The predicted octanol–water partition coefficient (Wildman–Crippen LogP) is 2.61. The van der Waals surface area contributed by atoms with Gasteiger partial charge in [-0.2, -0.15) is 8.78 Å². The van der Waals surface area contributed by atoms with Crippen LogP contribution in [0.5, 0.6) is 5.75 Å². The second-order valence-electron chi connectivity index (χ2n) is 3.57. The van der Waals surface area contributed by atoms with Crippen molar-refractivity contribution < 1.29 is 18.6 Å². The maximum absolute atomic E-state index is 12.1. The average Bonchev–Trinajstić information content (AvgIpc) is 2.28. The molecule has 2 N–H and O–H groups in total. The quantitative estimate of drug-likeness (QED) is 0.777. The van der Waals surface area contributed by atoms with Gasteiger partial charge in [-0.15, -0.1) is 11.6 Å². The van der Waals surface area contributed by atoms with Crippen molar-refractivity contribution in [3.63, 3.8) is 0 Å². The molecule has 0 radical (unpaired) electrons. The highest BCUT2D eigenvalue weighted by Crippen LogP contribution is 2.27. The van der Waals surface area contributed by atoms with Gasteiger partial charge in [-0.05, 0) is 24.6 Å². The van der Waals surface area contributed by atoms with E-state index in [9.17, 15) is 13.9 Å². The third-order valence-electron chi connectivity index (χ3n) is 2.06. The lowest BCUT2D eigenvalue weighted by Gasteiger charge is -2.15. The van der Waals surface area contributed by atoms with Crippen molar-refractivity contribution in [2.45, 2.75) is 19.6 Å². The molecular formula is C11H14ClF2NO2. The highest BCUT2D eigenvalue weighted by molar-refractivity contribution is 6.18. The molecule has 0 bridgehead atoms. The van der Waals surface area contributed by atoms with Gasteiger partial charge in [0, 0.05) is 6.54 Å². The van der Waals surface area contributed by atoms with Gasteiger partial charge in [-0.25, -0.2) is 0 Å². The highest BCUT2D eigenvalue weighted by Gasteiger charge is 2.10. The van der Waals surface area contributed by atoms with Crippen molar-refractivity contribution in [1.82, 2.24) is 0 Å². The van der Waals surface area contributed by atoms with Crippen molar-refractivity contribution in [3.8, 4) is 5.75 Å². The van der Waals surface area contributed by atoms with Crippen LogP contribution in [0.4, 0.5) is 14.5 Å². The molecule has 0 aliphatic rings. The molecule has 6 heteroatoms. The second-order valence-corrected chi connectivity index (χ2v) is 3.88. The lowest BCUT2D eigenvalue weighted by Crippen LogP contribution is -2.21. The molecule has 1 atom stereocenters. The van der Waals surface area contributed by atoms with Crippen LogP contribution in [0, 0.1) is 6.92 Å². The maximum atomic E-state index is 12.1. The molecule has 0 aliphatic heterocycles. The van der Waals surface area contributed by atoms with Crippen LogP contribution in [0.15, 0.2) is 18.2 Å². The zero-order chi connectivity index (χ0) is 12.8. The Hall–Kier alpha value is -1.07. The SMILES string of the molecule is Cc1ccc(OC(F)F)c(NCC(O)CCl)c1. The molecule has 1 unspecified atom stereocenters. The fraction of sp³-hybridized carbons (Fsp3) is 0.455. The van der Waals surface area contributed by atoms with Crippen LogP contribution in [0.1, 0.15) is 5.56 Å². The zero-order valence-electron chi connectivity index (χ0n) is 9.29. The fourth-order valence-electron chi connectivity index (χ4n) is 1.26. The Morgan fingerprint density at radius 1 is 1.47 bits per heavy atom. The first kappa shape index (κ1) is 14.0. The standard InChI is InChI=1S/C11H14ClF2NO2/c1-7-2-3-10(17-11(13)14)9(4-7)15-6-8(16)5-12/h2-4,8,11,15-16H,5-6H2,1H3. The number of aryl methyl sites for hydroxylation is 1. The highest BCUT2D eigenvalue weighted by atomic mass is 35.5. The number of anilines is 1. The summed E-state index contributed by atoms with van der Waals surface area (Å²) in [6.07, 6.45) is -0.739. The molecule has 1 aromatic rings. The van der Waals surface area contributed by atoms with Gasteiger partial charge in [0.05, 0.1) is 17.7 Å². The van der Waals surface area contributed by atoms with Crippen LogP contribution in [-0.4, -0.2) is 30.2 Å². The van der Waals surface area contributed by atoms with E-state index in [0.717, 1.165) is 5.56 Å². The van der Waals surface area contributed by atoms with Crippen LogP contribution in [-0.2, 0) is 0 Å². The smallest absolute Gasteiger partial charge is 0.387 e. The van der Waals surface area contributed by atoms with E-state index in [-0.39, 0.29) is 18.2 Å². The van der Waals surface area contributed by atoms with Crippen molar-refractivity contribution >= 4 is 17.3 Å². The van der Waals surface area contributed by atoms with Gasteiger partial charge < -0.3 is 15.2 Å². The second kappa shape index (κ2) is 6.61. The number of benzene rings is 1. The zero-order valence-corrected chi connectivity index (χ0v) is 10.0. The summed E-state index contributed by atoms with van der Waals surface area (Å²) in [6, 6.07) is 4.79. The normalized spacial score (nSPS) is 12.6. The number of alkyl halides is 3. The molecule has 0 amide bonds. The first-order valence-corrected chi connectivity index (χ1v) is 5.59. The Balaban J connectivity index is 2.76. The van der Waals surface area contributed by atoms with Crippen molar-refractivity contribution in [1.29, 1.82) is 0 Å². The van der Waals surface area contributed by atoms with Crippen LogP contribution < -0.4 is 10.1 Å². The maximum Gasteiger partial charge on any atom is 0.387 e. The largest absolute Gasteiger partial charge is 0.433 e. The molecule has 1 aromatic carbocycles. The summed E-state index contributed by atoms with van der Waals surface area (Å²) in [6.45, 7) is -0.877. The summed E-state index contributed by atoms with van der Waals surface area (Å²) in [5, 5.41) is 12.1. The summed E-state index contributed by atoms with van der Waals surface area (Å²) in [5.74, 6) is 0.122. The number of hydrogen-bond acceptors (Lipinski definition) is 3. The van der Waals surface area contributed by atoms with E-state index in [4.69, 9.17) is 11.6 Å². The van der Waals surface area contributed by atoms with Crippen molar-refractivity contribution in [2.75, 3.05) is 17.7 Å². The summed E-state index contributed by atoms with van der Waals surface area (Å²) in [5.41, 5.74) is 1.31. The van der Waals surface area contributed by atoms with E-state index < -0.39 is 12.7 Å². The fourth-order valence-corrected chi connectivity index (χ4v) is 1.37. The summed E-state index contributed by atoms with van der Waals surface area (Å²) in [4.78, 5) is 0. The van der Waals surface area contributed by atoms with Gasteiger partial charge in [0.25, 0.3) is 0 Å². The van der Waals surface area contributed by atoms with E-state index >= 15 is 0 Å². The predicted molar refractivity (Wildman–Crippen MR) is 63.0 cm³/mol. The number of aliphatic hydroxyl groups is 1. The first-order chi connectivity index (χ1) is 8.02. The van der Waals surface area contributed by atoms with Gasteiger partial charge >= 0.3 is 6.61 Å². The molecule has 96 valence electrons. The minimum absolute atomic E-state index is 0.0485. The molecule has 0 spiro atoms. The van der Waals surface area contributed by atoms with E-state index in [1.165, 1.54) is 6.07 Å². The molecular weight excluding hydrogens is 252 g/mol. The van der Waals surface area contributed by atoms with Crippen LogP contribution in [0.3, 0.4) is 0 Å². The number of halogens is 3. The Labute approximate surface area is 103 Å². The number of nitrogens with one attached hydrogen (secondary N) is 1. The third-order valence-corrected chi connectivity index (χ3v) is 2.41. The topological polar surface area (TPSA) is 41.5 Å². The van der Waals surface area contributed by atoms with Crippen LogP contribution >= 0.6 is 11.6 Å². The summed E-state index contributed by atoms with van der Waals surface area (Å²) in [7, 11) is 0. The van der Waals surface area contributed by atoms with Crippen LogP contribution in [0.2, 0.25) is 0 Å². The number of rotatable bonds is 6. The third kappa shape index (κ3) is 4.75. The molecule has 0 aromatic heterocycles. The van der Waals surface area contributed by atoms with Gasteiger partial charge in [0.2, 0.25) is 0 Å². The number of ether oxygens (including phenoxy) is 1. The molecule has 0 saturated heterocycles. The summed E-state index contributed by atoms with van der Waals surface area (Å²) < 4.78 is 28.6. The van der Waals surface area contributed by atoms with Gasteiger partial charge in [0.1, 0.15) is 5.75 Å². The van der Waals surface area contributed by atoms with Crippen molar-refractivity contribution in [2.24, 2.45) is 0 Å². The molecule has 0 saturated carbocycles. The Morgan fingerprint density at radius 3 is 2.76 bits per heavy atom. The number of aliphatic hydroxyl groups excluding tert-OH is 1. The Morgan fingerprint density at radius 2 is 2.18 bits per heavy atom. The average molecular weight is 266 g/mol. The van der Waals surface area contributed by atoms with Crippen molar-refractivity contribution in [3.05, 3.63) is 23.8 Å². The van der Waals surface area contributed by atoms with E-state index in [1.807, 2.05) is 6.92 Å². The monoisotopic (exact) mass is 265 g/mol. The molecule has 17 heavy (non-hydrogen) atoms. The van der Waals surface area contributed by atoms with Gasteiger partial charge in [-0.1, -0.05) is 6.07 Å². The Bertz CT molecular complexity index is 363. The van der Waals surface area contributed by atoms with Gasteiger partial charge in [-0.3, -0.25) is 0 Å². The Kier molecular flexibility index (Phi) is 5.44. The van der Waals surface area contributed by atoms with Gasteiger partial charge in [0.15, 0.2) is 0 Å². The van der Waals surface area contributed by atoms with E-state index in [1.54, 1.807) is 12.1 Å². The van der Waals surface area contributed by atoms with E-state index in [2.05, 4.69) is 10.1 Å². The summed E-state index contributed by atoms with van der Waals surface area (Å²) >= 11 is 5.43. The minimum Gasteiger partial charge on any atom is -0.433 e. The molecule has 3 nitrogen and oxygen atoms in total. The minimum atomic E-state index is -2.88. The molecule has 0 aliphatic carbocycles. The van der Waals surface area contributed by atoms with E-state index in [0.29, 0.717) is 5.69 Å². The van der Waals surface area contributed by atoms with Crippen LogP contribution in [0.25, 0.3) is 0 Å². The lowest BCUT2D eigenvalue weighted by molar-refractivity contribution is -0.0493. The number of hydrogen-bond donors (Lipinski definition) is 2. The molecule has 0 fully saturated rings. The first-order valence-electron chi connectivity index (χ1n) is 5.06.